The molecule has 1 aromatic carbocycles. The van der Waals surface area contributed by atoms with E-state index in [-0.39, 0.29) is 24.4 Å². The number of carbonyl (C=O) groups excluding carboxylic acids is 1. The fraction of sp³-hybridized carbons (Fsp3) is 0.385. The van der Waals surface area contributed by atoms with Crippen LogP contribution in [0.3, 0.4) is 0 Å². The number of amides is 1. The van der Waals surface area contributed by atoms with E-state index >= 15 is 0 Å². The predicted molar refractivity (Wildman–Crippen MR) is 62.2 cm³/mol. The Bertz CT molecular complexity index is 533. The third-order valence-electron chi connectivity index (χ3n) is 3.37. The Hall–Kier alpha value is -1.98. The molecule has 1 amide bonds. The van der Waals surface area contributed by atoms with E-state index in [0.29, 0.717) is 6.07 Å². The Kier molecular flexibility index (Phi) is 3.50. The van der Waals surface area contributed by atoms with Crippen molar-refractivity contribution in [2.45, 2.75) is 19.4 Å². The summed E-state index contributed by atoms with van der Waals surface area (Å²) < 4.78 is 26.7. The molecule has 0 saturated carbocycles. The lowest BCUT2D eigenvalue weighted by Crippen LogP contribution is -2.31. The summed E-state index contributed by atoms with van der Waals surface area (Å²) in [6.45, 7) is 1.97. The van der Waals surface area contributed by atoms with Gasteiger partial charge in [-0.05, 0) is 13.0 Å². The van der Waals surface area contributed by atoms with Crippen molar-refractivity contribution in [3.8, 4) is 0 Å². The zero-order chi connectivity index (χ0) is 14.2. The summed E-state index contributed by atoms with van der Waals surface area (Å²) in [5.41, 5.74) is 0.0431. The van der Waals surface area contributed by atoms with Crippen LogP contribution in [0.15, 0.2) is 18.2 Å². The standard InChI is InChI=1S/C13H13F2NO3/c1-2-16-11(17)6-9(13(18)19)12(16)8-4-3-7(14)5-10(8)15/h3-5,9,12H,2,6H2,1H3,(H,18,19). The minimum absolute atomic E-state index is 0.0431. The highest BCUT2D eigenvalue weighted by Crippen LogP contribution is 2.39. The summed E-state index contributed by atoms with van der Waals surface area (Å²) in [5, 5.41) is 9.15. The molecule has 1 saturated heterocycles. The lowest BCUT2D eigenvalue weighted by molar-refractivity contribution is -0.142. The van der Waals surface area contributed by atoms with E-state index in [1.807, 2.05) is 0 Å². The third kappa shape index (κ3) is 2.30. The monoisotopic (exact) mass is 269 g/mol. The molecule has 6 heteroatoms. The van der Waals surface area contributed by atoms with Gasteiger partial charge in [0.05, 0.1) is 12.0 Å². The van der Waals surface area contributed by atoms with Gasteiger partial charge in [0, 0.05) is 24.6 Å². The van der Waals surface area contributed by atoms with Crippen LogP contribution in [0.5, 0.6) is 0 Å². The maximum atomic E-state index is 13.8. The first-order valence-electron chi connectivity index (χ1n) is 5.93. The maximum absolute atomic E-state index is 13.8. The van der Waals surface area contributed by atoms with Crippen LogP contribution in [0.25, 0.3) is 0 Å². The molecule has 102 valence electrons. The first-order valence-corrected chi connectivity index (χ1v) is 5.93. The molecule has 1 aliphatic heterocycles. The molecule has 2 atom stereocenters. The van der Waals surface area contributed by atoms with E-state index in [2.05, 4.69) is 0 Å². The van der Waals surface area contributed by atoms with Gasteiger partial charge in [0.2, 0.25) is 5.91 Å². The van der Waals surface area contributed by atoms with Gasteiger partial charge in [-0.1, -0.05) is 6.07 Å². The molecule has 4 nitrogen and oxygen atoms in total. The molecule has 0 aliphatic carbocycles. The van der Waals surface area contributed by atoms with Crippen molar-refractivity contribution in [2.24, 2.45) is 5.92 Å². The summed E-state index contributed by atoms with van der Waals surface area (Å²) >= 11 is 0. The fourth-order valence-electron chi connectivity index (χ4n) is 2.51. The normalized spacial score (nSPS) is 22.9. The SMILES string of the molecule is CCN1C(=O)CC(C(=O)O)C1c1ccc(F)cc1F. The Morgan fingerprint density at radius 1 is 1.47 bits per heavy atom. The molecular weight excluding hydrogens is 256 g/mol. The van der Waals surface area contributed by atoms with Crippen molar-refractivity contribution in [1.29, 1.82) is 0 Å². The Morgan fingerprint density at radius 2 is 2.16 bits per heavy atom. The number of nitrogens with zero attached hydrogens (tertiary/aromatic N) is 1. The molecule has 1 N–H and O–H groups in total. The summed E-state index contributed by atoms with van der Waals surface area (Å²) in [5.74, 6) is -4.06. The number of aliphatic carboxylic acids is 1. The molecule has 0 spiro atoms. The minimum Gasteiger partial charge on any atom is -0.481 e. The van der Waals surface area contributed by atoms with Gasteiger partial charge in [-0.2, -0.15) is 0 Å². The zero-order valence-corrected chi connectivity index (χ0v) is 10.3. The minimum atomic E-state index is -1.15. The van der Waals surface area contributed by atoms with Gasteiger partial charge in [0.1, 0.15) is 11.6 Å². The Labute approximate surface area is 108 Å². The fourth-order valence-corrected chi connectivity index (χ4v) is 2.51. The van der Waals surface area contributed by atoms with Crippen molar-refractivity contribution in [3.05, 3.63) is 35.4 Å². The largest absolute Gasteiger partial charge is 0.481 e. The molecule has 19 heavy (non-hydrogen) atoms. The van der Waals surface area contributed by atoms with Gasteiger partial charge in [0.25, 0.3) is 0 Å². The van der Waals surface area contributed by atoms with Crippen LogP contribution in [0.4, 0.5) is 8.78 Å². The third-order valence-corrected chi connectivity index (χ3v) is 3.37. The number of benzene rings is 1. The van der Waals surface area contributed by atoms with Crippen molar-refractivity contribution < 1.29 is 23.5 Å². The smallest absolute Gasteiger partial charge is 0.309 e. The lowest BCUT2D eigenvalue weighted by Gasteiger charge is -2.26. The highest BCUT2D eigenvalue weighted by Gasteiger charge is 2.44. The number of carboxylic acids is 1. The van der Waals surface area contributed by atoms with Crippen LogP contribution in [0.2, 0.25) is 0 Å². The predicted octanol–water partition coefficient (Wildman–Crippen LogP) is 1.96. The van der Waals surface area contributed by atoms with Gasteiger partial charge in [-0.25, -0.2) is 8.78 Å². The van der Waals surface area contributed by atoms with E-state index in [9.17, 15) is 18.4 Å². The summed E-state index contributed by atoms with van der Waals surface area (Å²) in [7, 11) is 0. The molecule has 0 aromatic heterocycles. The van der Waals surface area contributed by atoms with Crippen LogP contribution in [0.1, 0.15) is 24.9 Å². The summed E-state index contributed by atoms with van der Waals surface area (Å²) in [6, 6.07) is 2.08. The van der Waals surface area contributed by atoms with E-state index in [4.69, 9.17) is 5.11 Å². The molecule has 0 radical (unpaired) electrons. The van der Waals surface area contributed by atoms with Crippen LogP contribution < -0.4 is 0 Å². The first-order chi connectivity index (χ1) is 8.95. The molecule has 2 rings (SSSR count). The number of likely N-dealkylation sites (tertiary alicyclic amines) is 1. The summed E-state index contributed by atoms with van der Waals surface area (Å²) in [6.07, 6.45) is -0.162. The molecule has 1 fully saturated rings. The second-order valence-electron chi connectivity index (χ2n) is 4.44. The zero-order valence-electron chi connectivity index (χ0n) is 10.3. The highest BCUT2D eigenvalue weighted by atomic mass is 19.1. The van der Waals surface area contributed by atoms with Crippen LogP contribution in [-0.4, -0.2) is 28.4 Å². The van der Waals surface area contributed by atoms with E-state index in [0.717, 1.165) is 6.07 Å². The van der Waals surface area contributed by atoms with E-state index in [1.165, 1.54) is 11.0 Å². The van der Waals surface area contributed by atoms with Gasteiger partial charge in [-0.3, -0.25) is 9.59 Å². The van der Waals surface area contributed by atoms with Crippen molar-refractivity contribution in [3.63, 3.8) is 0 Å². The maximum Gasteiger partial charge on any atom is 0.309 e. The number of rotatable bonds is 3. The van der Waals surface area contributed by atoms with Crippen LogP contribution >= 0.6 is 0 Å². The number of hydrogen-bond acceptors (Lipinski definition) is 2. The molecule has 1 aliphatic rings. The Balaban J connectivity index is 2.48. The quantitative estimate of drug-likeness (QED) is 0.912. The van der Waals surface area contributed by atoms with Crippen LogP contribution in [0, 0.1) is 17.6 Å². The summed E-state index contributed by atoms with van der Waals surface area (Å²) in [4.78, 5) is 24.3. The molecule has 1 heterocycles. The van der Waals surface area contributed by atoms with Crippen molar-refractivity contribution in [1.82, 2.24) is 4.90 Å². The molecule has 1 aromatic rings. The Morgan fingerprint density at radius 3 is 2.68 bits per heavy atom. The molecule has 2 unspecified atom stereocenters. The van der Waals surface area contributed by atoms with Gasteiger partial charge in [0.15, 0.2) is 0 Å². The average Bonchev–Trinajstić information content (AvgIpc) is 2.66. The topological polar surface area (TPSA) is 57.6 Å². The second-order valence-corrected chi connectivity index (χ2v) is 4.44. The second kappa shape index (κ2) is 4.95. The number of carbonyl (C=O) groups is 2. The number of carboxylic acid groups (broad SMARTS) is 1. The number of halogens is 2. The van der Waals surface area contributed by atoms with Gasteiger partial charge < -0.3 is 10.0 Å². The number of hydrogen-bond donors (Lipinski definition) is 1. The first kappa shape index (κ1) is 13.5. The molecule has 0 bridgehead atoms. The highest BCUT2D eigenvalue weighted by molar-refractivity contribution is 5.87. The van der Waals surface area contributed by atoms with E-state index in [1.54, 1.807) is 6.92 Å². The van der Waals surface area contributed by atoms with Crippen molar-refractivity contribution in [2.75, 3.05) is 6.54 Å². The van der Waals surface area contributed by atoms with Crippen LogP contribution in [-0.2, 0) is 9.59 Å². The van der Waals surface area contributed by atoms with Gasteiger partial charge in [-0.15, -0.1) is 0 Å². The van der Waals surface area contributed by atoms with Gasteiger partial charge >= 0.3 is 5.97 Å². The average molecular weight is 269 g/mol. The lowest BCUT2D eigenvalue weighted by atomic mass is 9.93. The van der Waals surface area contributed by atoms with E-state index < -0.39 is 29.6 Å². The van der Waals surface area contributed by atoms with Crippen molar-refractivity contribution >= 4 is 11.9 Å². The molecular formula is C13H13F2NO3.